The Hall–Kier alpha value is -2.94. The highest BCUT2D eigenvalue weighted by molar-refractivity contribution is 7.79. The van der Waals surface area contributed by atoms with Gasteiger partial charge in [-0.15, -0.1) is 0 Å². The fourth-order valence-electron chi connectivity index (χ4n) is 4.77. The van der Waals surface area contributed by atoms with E-state index in [0.29, 0.717) is 25.3 Å². The Morgan fingerprint density at radius 1 is 1.16 bits per heavy atom. The quantitative estimate of drug-likeness (QED) is 0.229. The maximum atomic E-state index is 13.4. The average molecular weight is 552 g/mol. The van der Waals surface area contributed by atoms with Gasteiger partial charge in [-0.1, -0.05) is 12.1 Å². The molecule has 38 heavy (non-hydrogen) atoms. The molecule has 2 aliphatic heterocycles. The van der Waals surface area contributed by atoms with Crippen LogP contribution in [-0.2, 0) is 39.3 Å². The highest BCUT2D eigenvalue weighted by Crippen LogP contribution is 2.31. The van der Waals surface area contributed by atoms with E-state index >= 15 is 0 Å². The molecule has 5 rings (SSSR count). The van der Waals surface area contributed by atoms with Gasteiger partial charge in [0.15, 0.2) is 0 Å². The summed E-state index contributed by atoms with van der Waals surface area (Å²) in [6, 6.07) is 6.48. The summed E-state index contributed by atoms with van der Waals surface area (Å²) in [5, 5.41) is 11.6. The lowest BCUT2D eigenvalue weighted by Crippen LogP contribution is -2.35. The van der Waals surface area contributed by atoms with Gasteiger partial charge in [-0.25, -0.2) is 14.4 Å². The van der Waals surface area contributed by atoms with E-state index in [1.54, 1.807) is 18.3 Å². The standard InChI is InChI=1S/C25H28FN3O4.H2O4S/c26-19-5-3-17(4-6-19)15-28-16-18(2-1-11-33-20-8-12-32-13-9-20)23-21-7-10-29(31)25(30)24(21)27-14-22(23)28;1-5(2,3)4/h3-6,14,16,20,31H,1-2,7-13,15H2;(H2,1,2,3,4). The Balaban J connectivity index is 0.000000617. The maximum Gasteiger partial charge on any atom is 0.394 e. The highest BCUT2D eigenvalue weighted by atomic mass is 32.3. The minimum absolute atomic E-state index is 0.252. The number of aromatic nitrogens is 2. The first-order valence-corrected chi connectivity index (χ1v) is 13.6. The molecule has 3 N–H and O–H groups in total. The number of pyridine rings is 1. The Bertz CT molecular complexity index is 1360. The van der Waals surface area contributed by atoms with Crippen molar-refractivity contribution in [1.29, 1.82) is 0 Å². The van der Waals surface area contributed by atoms with Crippen LogP contribution < -0.4 is 0 Å². The lowest BCUT2D eigenvalue weighted by molar-refractivity contribution is -0.0606. The molecule has 0 bridgehead atoms. The summed E-state index contributed by atoms with van der Waals surface area (Å²) in [6.45, 7) is 3.02. The molecule has 1 amide bonds. The second kappa shape index (κ2) is 12.3. The molecule has 2 aliphatic rings. The van der Waals surface area contributed by atoms with Crippen LogP contribution in [0.25, 0.3) is 10.9 Å². The molecule has 0 aliphatic carbocycles. The monoisotopic (exact) mass is 551 g/mol. The van der Waals surface area contributed by atoms with Gasteiger partial charge >= 0.3 is 10.4 Å². The maximum absolute atomic E-state index is 13.4. The van der Waals surface area contributed by atoms with Crippen molar-refractivity contribution >= 4 is 27.2 Å². The Kier molecular flexibility index (Phi) is 9.07. The molecule has 0 saturated carbocycles. The van der Waals surface area contributed by atoms with Gasteiger partial charge in [-0.05, 0) is 60.9 Å². The molecule has 0 spiro atoms. The van der Waals surface area contributed by atoms with Crippen LogP contribution in [0.1, 0.15) is 46.4 Å². The molecular formula is C25H30FN3O8S. The first-order chi connectivity index (χ1) is 18.1. The number of fused-ring (bicyclic) bond motifs is 3. The van der Waals surface area contributed by atoms with E-state index in [2.05, 4.69) is 15.7 Å². The molecule has 11 nitrogen and oxygen atoms in total. The first kappa shape index (κ1) is 28.1. The molecule has 2 aromatic heterocycles. The number of carbonyl (C=O) groups is 1. The Morgan fingerprint density at radius 2 is 1.84 bits per heavy atom. The van der Waals surface area contributed by atoms with Crippen LogP contribution in [0.15, 0.2) is 36.7 Å². The molecule has 4 heterocycles. The van der Waals surface area contributed by atoms with Gasteiger partial charge in [0.2, 0.25) is 0 Å². The van der Waals surface area contributed by atoms with Crippen LogP contribution in [-0.4, -0.2) is 75.7 Å². The first-order valence-electron chi connectivity index (χ1n) is 12.2. The number of benzene rings is 1. The van der Waals surface area contributed by atoms with Crippen molar-refractivity contribution in [2.24, 2.45) is 0 Å². The molecule has 13 heteroatoms. The van der Waals surface area contributed by atoms with Gasteiger partial charge in [0.1, 0.15) is 11.5 Å². The van der Waals surface area contributed by atoms with E-state index in [1.165, 1.54) is 12.1 Å². The van der Waals surface area contributed by atoms with Crippen LogP contribution in [0, 0.1) is 5.82 Å². The van der Waals surface area contributed by atoms with Crippen molar-refractivity contribution in [2.45, 2.75) is 44.8 Å². The number of amides is 1. The normalized spacial score (nSPS) is 16.3. The summed E-state index contributed by atoms with van der Waals surface area (Å²) in [7, 11) is -4.67. The van der Waals surface area contributed by atoms with Gasteiger partial charge in [-0.3, -0.25) is 19.1 Å². The zero-order valence-corrected chi connectivity index (χ0v) is 21.4. The number of carbonyl (C=O) groups excluding carboxylic acids is 1. The van der Waals surface area contributed by atoms with E-state index in [4.69, 9.17) is 27.0 Å². The Labute approximate surface area is 219 Å². The van der Waals surface area contributed by atoms with E-state index in [-0.39, 0.29) is 18.5 Å². The van der Waals surface area contributed by atoms with Crippen molar-refractivity contribution in [3.05, 3.63) is 64.9 Å². The molecule has 0 atom stereocenters. The third-order valence-electron chi connectivity index (χ3n) is 6.49. The van der Waals surface area contributed by atoms with Crippen LogP contribution >= 0.6 is 0 Å². The number of nitrogens with zero attached hydrogens (tertiary/aromatic N) is 3. The van der Waals surface area contributed by atoms with Crippen molar-refractivity contribution in [3.63, 3.8) is 0 Å². The lowest BCUT2D eigenvalue weighted by atomic mass is 9.97. The molecule has 1 fully saturated rings. The second-order valence-corrected chi connectivity index (χ2v) is 10.1. The number of rotatable bonds is 7. The average Bonchev–Trinajstić information content (AvgIpc) is 3.22. The third-order valence-corrected chi connectivity index (χ3v) is 6.49. The SMILES string of the molecule is O=C1c2ncc3c(c(CCCOC4CCOCC4)cn3Cc3ccc(F)cc3)c2CCN1O.O=S(=O)(O)O. The molecule has 1 aromatic carbocycles. The van der Waals surface area contributed by atoms with E-state index < -0.39 is 16.3 Å². The molecule has 206 valence electrons. The molecule has 1 saturated heterocycles. The van der Waals surface area contributed by atoms with Gasteiger partial charge in [-0.2, -0.15) is 8.42 Å². The predicted molar refractivity (Wildman–Crippen MR) is 134 cm³/mol. The highest BCUT2D eigenvalue weighted by Gasteiger charge is 2.28. The summed E-state index contributed by atoms with van der Waals surface area (Å²) >= 11 is 0. The number of hydrogen-bond acceptors (Lipinski definition) is 7. The van der Waals surface area contributed by atoms with Gasteiger partial charge in [0.05, 0.1) is 24.4 Å². The summed E-state index contributed by atoms with van der Waals surface area (Å²) < 4.78 is 58.5. The van der Waals surface area contributed by atoms with Crippen molar-refractivity contribution in [1.82, 2.24) is 14.6 Å². The van der Waals surface area contributed by atoms with E-state index in [9.17, 15) is 14.4 Å². The smallest absolute Gasteiger partial charge is 0.381 e. The van der Waals surface area contributed by atoms with Gasteiger partial charge in [0, 0.05) is 37.9 Å². The van der Waals surface area contributed by atoms with E-state index in [1.807, 2.05) is 0 Å². The fourth-order valence-corrected chi connectivity index (χ4v) is 4.77. The molecule has 0 unspecified atom stereocenters. The number of aryl methyl sites for hydroxylation is 1. The summed E-state index contributed by atoms with van der Waals surface area (Å²) in [4.78, 5) is 16.9. The number of hydrogen-bond donors (Lipinski definition) is 3. The molecule has 3 aromatic rings. The van der Waals surface area contributed by atoms with Gasteiger partial charge in [0.25, 0.3) is 5.91 Å². The third kappa shape index (κ3) is 7.34. The molecular weight excluding hydrogens is 521 g/mol. The Morgan fingerprint density at radius 3 is 2.53 bits per heavy atom. The van der Waals surface area contributed by atoms with Crippen molar-refractivity contribution in [3.8, 4) is 0 Å². The van der Waals surface area contributed by atoms with Crippen LogP contribution in [0.4, 0.5) is 4.39 Å². The second-order valence-electron chi connectivity index (χ2n) is 9.17. The van der Waals surface area contributed by atoms with Crippen LogP contribution in [0.3, 0.4) is 0 Å². The summed E-state index contributed by atoms with van der Waals surface area (Å²) in [5.74, 6) is -0.720. The van der Waals surface area contributed by atoms with Gasteiger partial charge < -0.3 is 14.0 Å². The zero-order chi connectivity index (χ0) is 27.3. The number of halogens is 1. The van der Waals surface area contributed by atoms with E-state index in [0.717, 1.165) is 71.6 Å². The fraction of sp³-hybridized carbons (Fsp3) is 0.440. The lowest BCUT2D eigenvalue weighted by Gasteiger charge is -2.23. The molecule has 0 radical (unpaired) electrons. The summed E-state index contributed by atoms with van der Waals surface area (Å²) in [5.41, 5.74) is 4.27. The largest absolute Gasteiger partial charge is 0.394 e. The number of hydroxylamine groups is 2. The van der Waals surface area contributed by atoms with Crippen molar-refractivity contribution < 1.29 is 41.4 Å². The van der Waals surface area contributed by atoms with Crippen molar-refractivity contribution in [2.75, 3.05) is 26.4 Å². The zero-order valence-electron chi connectivity index (χ0n) is 20.6. The minimum Gasteiger partial charge on any atom is -0.381 e. The predicted octanol–water partition coefficient (Wildman–Crippen LogP) is 3.09. The minimum atomic E-state index is -4.67. The van der Waals surface area contributed by atoms with Crippen LogP contribution in [0.2, 0.25) is 0 Å². The topological polar surface area (TPSA) is 151 Å². The number of ether oxygens (including phenoxy) is 2. The summed E-state index contributed by atoms with van der Waals surface area (Å²) in [6.07, 6.45) is 8.19. The van der Waals surface area contributed by atoms with Crippen LogP contribution in [0.5, 0.6) is 0 Å².